The van der Waals surface area contributed by atoms with Crippen LogP contribution in [0.5, 0.6) is 0 Å². The van der Waals surface area contributed by atoms with Gasteiger partial charge in [-0.25, -0.2) is 9.37 Å². The van der Waals surface area contributed by atoms with Gasteiger partial charge in [-0.3, -0.25) is 0 Å². The Kier molecular flexibility index (Phi) is 4.75. The fourth-order valence-electron chi connectivity index (χ4n) is 3.90. The summed E-state index contributed by atoms with van der Waals surface area (Å²) in [6.45, 7) is 9.10. The first-order chi connectivity index (χ1) is 13.4. The largest absolute Gasteiger partial charge is 0.349 e. The topological polar surface area (TPSA) is 41.1 Å². The molecule has 1 aromatic heterocycles. The fourth-order valence-corrected chi connectivity index (χ4v) is 3.90. The zero-order valence-corrected chi connectivity index (χ0v) is 16.8. The first-order valence-corrected chi connectivity index (χ1v) is 9.67. The van der Waals surface area contributed by atoms with Crippen LogP contribution in [0.25, 0.3) is 0 Å². The molecule has 0 saturated carbocycles. The number of anilines is 3. The second kappa shape index (κ2) is 7.23. The zero-order chi connectivity index (χ0) is 19.8. The summed E-state index contributed by atoms with van der Waals surface area (Å²) in [6, 6.07) is 13.5. The van der Waals surface area contributed by atoms with Crippen LogP contribution >= 0.6 is 0 Å². The smallest absolute Gasteiger partial charge is 0.229 e. The van der Waals surface area contributed by atoms with Gasteiger partial charge in [-0.15, -0.1) is 0 Å². The highest BCUT2D eigenvalue weighted by Gasteiger charge is 2.26. The van der Waals surface area contributed by atoms with Gasteiger partial charge in [-0.2, -0.15) is 4.98 Å². The van der Waals surface area contributed by atoms with E-state index >= 15 is 0 Å². The van der Waals surface area contributed by atoms with Gasteiger partial charge >= 0.3 is 0 Å². The summed E-state index contributed by atoms with van der Waals surface area (Å²) in [5.41, 5.74) is 6.44. The molecule has 2 heterocycles. The number of hydrogen-bond acceptors (Lipinski definition) is 4. The highest BCUT2D eigenvalue weighted by atomic mass is 19.1. The molecule has 0 spiro atoms. The lowest BCUT2D eigenvalue weighted by atomic mass is 9.93. The number of fused-ring (bicyclic) bond motifs is 1. The number of hydrogen-bond donors (Lipinski definition) is 1. The molecule has 0 amide bonds. The molecule has 1 atom stereocenters. The van der Waals surface area contributed by atoms with Crippen molar-refractivity contribution < 1.29 is 4.39 Å². The van der Waals surface area contributed by atoms with Gasteiger partial charge in [0.15, 0.2) is 0 Å². The minimum absolute atomic E-state index is 0.245. The van der Waals surface area contributed by atoms with Gasteiger partial charge in [-0.1, -0.05) is 24.3 Å². The number of aromatic nitrogens is 2. The summed E-state index contributed by atoms with van der Waals surface area (Å²) in [4.78, 5) is 11.8. The van der Waals surface area contributed by atoms with Gasteiger partial charge in [0.1, 0.15) is 11.6 Å². The first kappa shape index (κ1) is 18.4. The van der Waals surface area contributed by atoms with E-state index in [1.54, 1.807) is 6.07 Å². The summed E-state index contributed by atoms with van der Waals surface area (Å²) in [6.07, 6.45) is 1.00. The van der Waals surface area contributed by atoms with Crippen LogP contribution in [0.15, 0.2) is 42.5 Å². The summed E-state index contributed by atoms with van der Waals surface area (Å²) in [5.74, 6) is 1.25. The number of nitrogens with one attached hydrogen (secondary N) is 1. The Hall–Kier alpha value is -2.95. The van der Waals surface area contributed by atoms with E-state index in [4.69, 9.17) is 4.98 Å². The molecule has 0 saturated heterocycles. The van der Waals surface area contributed by atoms with Crippen LogP contribution in [-0.4, -0.2) is 16.5 Å². The maximum absolute atomic E-state index is 13.4. The second-order valence-electron chi connectivity index (χ2n) is 7.48. The molecule has 1 aliphatic rings. The average molecular weight is 376 g/mol. The van der Waals surface area contributed by atoms with Gasteiger partial charge in [0, 0.05) is 23.5 Å². The van der Waals surface area contributed by atoms with Crippen LogP contribution in [0, 0.1) is 26.6 Å². The lowest BCUT2D eigenvalue weighted by molar-refractivity contribution is 0.614. The third kappa shape index (κ3) is 3.33. The van der Waals surface area contributed by atoms with Gasteiger partial charge in [-0.05, 0) is 69.0 Å². The number of rotatable bonds is 3. The third-order valence-corrected chi connectivity index (χ3v) is 5.67. The molecule has 0 bridgehead atoms. The van der Waals surface area contributed by atoms with Gasteiger partial charge in [0.2, 0.25) is 5.95 Å². The van der Waals surface area contributed by atoms with Gasteiger partial charge in [0.05, 0.1) is 6.04 Å². The standard InChI is InChI=1S/C23H25FN4/c1-14-13-19(24)9-10-21(14)26-23-25-16(3)15(2)22(27-23)28-12-11-18-7-5-6-8-20(18)17(28)4/h5-10,13,17H,11-12H2,1-4H3,(H,25,26,27)/t17-/m0/s1. The molecule has 4 nitrogen and oxygen atoms in total. The quantitative estimate of drug-likeness (QED) is 0.664. The highest BCUT2D eigenvalue weighted by Crippen LogP contribution is 2.35. The Labute approximate surface area is 165 Å². The van der Waals surface area contributed by atoms with E-state index in [0.717, 1.165) is 41.3 Å². The minimum Gasteiger partial charge on any atom is -0.349 e. The molecule has 0 fully saturated rings. The van der Waals surface area contributed by atoms with E-state index in [1.165, 1.54) is 23.3 Å². The maximum Gasteiger partial charge on any atom is 0.229 e. The van der Waals surface area contributed by atoms with Crippen molar-refractivity contribution in [2.75, 3.05) is 16.8 Å². The van der Waals surface area contributed by atoms with E-state index in [2.05, 4.69) is 53.3 Å². The van der Waals surface area contributed by atoms with Crippen LogP contribution in [0.2, 0.25) is 0 Å². The molecule has 144 valence electrons. The van der Waals surface area contributed by atoms with Crippen molar-refractivity contribution in [2.24, 2.45) is 0 Å². The van der Waals surface area contributed by atoms with E-state index in [9.17, 15) is 4.39 Å². The summed E-state index contributed by atoms with van der Waals surface area (Å²) < 4.78 is 13.4. The van der Waals surface area contributed by atoms with Gasteiger partial charge < -0.3 is 10.2 Å². The number of nitrogens with zero attached hydrogens (tertiary/aromatic N) is 3. The van der Waals surface area contributed by atoms with Crippen molar-refractivity contribution in [1.29, 1.82) is 0 Å². The van der Waals surface area contributed by atoms with E-state index in [0.29, 0.717) is 5.95 Å². The van der Waals surface area contributed by atoms with Crippen molar-refractivity contribution in [3.63, 3.8) is 0 Å². The molecule has 3 aromatic rings. The number of halogens is 1. The van der Waals surface area contributed by atoms with Crippen LogP contribution in [0.3, 0.4) is 0 Å². The third-order valence-electron chi connectivity index (χ3n) is 5.67. The summed E-state index contributed by atoms with van der Waals surface area (Å²) in [5, 5.41) is 3.27. The fraction of sp³-hybridized carbons (Fsp3) is 0.304. The lowest BCUT2D eigenvalue weighted by Gasteiger charge is -2.37. The Morgan fingerprint density at radius 2 is 1.86 bits per heavy atom. The summed E-state index contributed by atoms with van der Waals surface area (Å²) in [7, 11) is 0. The van der Waals surface area contributed by atoms with E-state index < -0.39 is 0 Å². The maximum atomic E-state index is 13.4. The molecule has 1 N–H and O–H groups in total. The molecular formula is C23H25FN4. The van der Waals surface area contributed by atoms with E-state index in [1.807, 2.05) is 13.8 Å². The molecule has 0 radical (unpaired) electrons. The van der Waals surface area contributed by atoms with Gasteiger partial charge in [0.25, 0.3) is 0 Å². The van der Waals surface area contributed by atoms with Crippen molar-refractivity contribution in [3.05, 3.63) is 76.2 Å². The zero-order valence-electron chi connectivity index (χ0n) is 16.8. The molecule has 1 aliphatic heterocycles. The van der Waals surface area contributed by atoms with Crippen LogP contribution in [-0.2, 0) is 6.42 Å². The molecule has 0 aliphatic carbocycles. The van der Waals surface area contributed by atoms with Crippen molar-refractivity contribution in [3.8, 4) is 0 Å². The predicted octanol–water partition coefficient (Wildman–Crippen LogP) is 5.41. The minimum atomic E-state index is -0.245. The molecule has 2 aromatic carbocycles. The molecule has 0 unspecified atom stereocenters. The highest BCUT2D eigenvalue weighted by molar-refractivity contribution is 5.62. The Bertz CT molecular complexity index is 1030. The van der Waals surface area contributed by atoms with Crippen LogP contribution in [0.4, 0.5) is 21.8 Å². The Balaban J connectivity index is 1.70. The average Bonchev–Trinajstić information content (AvgIpc) is 2.67. The van der Waals surface area contributed by atoms with Crippen LogP contribution < -0.4 is 10.2 Å². The van der Waals surface area contributed by atoms with Crippen molar-refractivity contribution >= 4 is 17.5 Å². The molecule has 4 rings (SSSR count). The monoisotopic (exact) mass is 376 g/mol. The second-order valence-corrected chi connectivity index (χ2v) is 7.48. The van der Waals surface area contributed by atoms with Crippen LogP contribution in [0.1, 0.15) is 40.9 Å². The summed E-state index contributed by atoms with van der Waals surface area (Å²) >= 11 is 0. The Morgan fingerprint density at radius 1 is 1.07 bits per heavy atom. The lowest BCUT2D eigenvalue weighted by Crippen LogP contribution is -2.35. The molecule has 5 heteroatoms. The van der Waals surface area contributed by atoms with E-state index in [-0.39, 0.29) is 11.9 Å². The first-order valence-electron chi connectivity index (χ1n) is 9.67. The number of aryl methyl sites for hydroxylation is 2. The Morgan fingerprint density at radius 3 is 2.64 bits per heavy atom. The normalized spacial score (nSPS) is 16.0. The number of benzene rings is 2. The molecular weight excluding hydrogens is 351 g/mol. The SMILES string of the molecule is Cc1cc(F)ccc1Nc1nc(C)c(C)c(N2CCc3ccccc3[C@@H]2C)n1. The predicted molar refractivity (Wildman–Crippen MR) is 112 cm³/mol. The van der Waals surface area contributed by atoms with Crippen molar-refractivity contribution in [1.82, 2.24) is 9.97 Å². The van der Waals surface area contributed by atoms with Crippen molar-refractivity contribution in [2.45, 2.75) is 40.2 Å². The molecule has 28 heavy (non-hydrogen) atoms.